The van der Waals surface area contributed by atoms with Crippen molar-refractivity contribution in [1.29, 1.82) is 0 Å². The summed E-state index contributed by atoms with van der Waals surface area (Å²) in [5.74, 6) is 0.882. The van der Waals surface area contributed by atoms with E-state index in [0.717, 1.165) is 12.0 Å². The van der Waals surface area contributed by atoms with Gasteiger partial charge in [0.15, 0.2) is 0 Å². The molecule has 0 aromatic carbocycles. The molecule has 106 valence electrons. The topological polar surface area (TPSA) is 73.8 Å². The van der Waals surface area contributed by atoms with Crippen molar-refractivity contribution in [3.05, 3.63) is 41.0 Å². The SMILES string of the molecule is CCC(=C=CC[C@@H](O)c1ccc(CO)o1)C[C@H](C)O. The number of hydrogen-bond donors (Lipinski definition) is 3. The lowest BCUT2D eigenvalue weighted by atomic mass is 10.1. The molecule has 4 heteroatoms. The monoisotopic (exact) mass is 266 g/mol. The number of aliphatic hydroxyl groups is 3. The Balaban J connectivity index is 2.61. The Hall–Kier alpha value is -1.32. The van der Waals surface area contributed by atoms with Crippen LogP contribution in [-0.4, -0.2) is 21.4 Å². The number of furan rings is 1. The summed E-state index contributed by atoms with van der Waals surface area (Å²) in [6.45, 7) is 3.58. The first kappa shape index (κ1) is 15.7. The molecule has 0 spiro atoms. The molecule has 0 fully saturated rings. The number of hydrogen-bond acceptors (Lipinski definition) is 4. The van der Waals surface area contributed by atoms with E-state index in [1.165, 1.54) is 0 Å². The van der Waals surface area contributed by atoms with E-state index < -0.39 is 6.10 Å². The van der Waals surface area contributed by atoms with E-state index in [1.807, 2.05) is 6.92 Å². The molecule has 0 unspecified atom stereocenters. The molecule has 0 aliphatic carbocycles. The van der Waals surface area contributed by atoms with Gasteiger partial charge in [-0.2, -0.15) is 0 Å². The fourth-order valence-corrected chi connectivity index (χ4v) is 1.75. The zero-order valence-electron chi connectivity index (χ0n) is 11.5. The molecule has 4 nitrogen and oxygen atoms in total. The van der Waals surface area contributed by atoms with E-state index >= 15 is 0 Å². The highest BCUT2D eigenvalue weighted by Gasteiger charge is 2.10. The number of aliphatic hydroxyl groups excluding tert-OH is 3. The molecule has 0 radical (unpaired) electrons. The Kier molecular flexibility index (Phi) is 6.60. The van der Waals surface area contributed by atoms with E-state index in [2.05, 4.69) is 5.73 Å². The second kappa shape index (κ2) is 7.97. The van der Waals surface area contributed by atoms with Gasteiger partial charge >= 0.3 is 0 Å². The van der Waals surface area contributed by atoms with Crippen LogP contribution in [0.5, 0.6) is 0 Å². The van der Waals surface area contributed by atoms with E-state index in [-0.39, 0.29) is 12.7 Å². The molecule has 3 N–H and O–H groups in total. The summed E-state index contributed by atoms with van der Waals surface area (Å²) in [6, 6.07) is 3.30. The molecule has 1 aromatic heterocycles. The van der Waals surface area contributed by atoms with Crippen LogP contribution in [0.4, 0.5) is 0 Å². The van der Waals surface area contributed by atoms with E-state index in [1.54, 1.807) is 25.1 Å². The van der Waals surface area contributed by atoms with Crippen LogP contribution in [0.25, 0.3) is 0 Å². The largest absolute Gasteiger partial charge is 0.461 e. The van der Waals surface area contributed by atoms with Crippen LogP contribution in [0.15, 0.2) is 33.9 Å². The zero-order valence-corrected chi connectivity index (χ0v) is 11.5. The van der Waals surface area contributed by atoms with Crippen LogP contribution in [0.1, 0.15) is 50.7 Å². The molecule has 19 heavy (non-hydrogen) atoms. The summed E-state index contributed by atoms with van der Waals surface area (Å²) in [6.07, 6.45) is 2.45. The van der Waals surface area contributed by atoms with Gasteiger partial charge < -0.3 is 19.7 Å². The lowest BCUT2D eigenvalue weighted by Crippen LogP contribution is -2.00. The molecule has 1 rings (SSSR count). The van der Waals surface area contributed by atoms with Gasteiger partial charge in [-0.1, -0.05) is 6.92 Å². The first-order valence-corrected chi connectivity index (χ1v) is 6.55. The smallest absolute Gasteiger partial charge is 0.133 e. The van der Waals surface area contributed by atoms with E-state index in [4.69, 9.17) is 9.52 Å². The molecule has 0 aliphatic heterocycles. The Morgan fingerprint density at radius 3 is 2.68 bits per heavy atom. The maximum absolute atomic E-state index is 9.89. The normalized spacial score (nSPS) is 13.7. The summed E-state index contributed by atoms with van der Waals surface area (Å²) in [4.78, 5) is 0. The summed E-state index contributed by atoms with van der Waals surface area (Å²) in [5, 5.41) is 28.1. The predicted molar refractivity (Wildman–Crippen MR) is 72.4 cm³/mol. The van der Waals surface area contributed by atoms with Gasteiger partial charge in [-0.3, -0.25) is 0 Å². The molecular formula is C15H22O4. The highest BCUT2D eigenvalue weighted by Crippen LogP contribution is 2.20. The van der Waals surface area contributed by atoms with Crippen molar-refractivity contribution >= 4 is 0 Å². The van der Waals surface area contributed by atoms with Crippen LogP contribution >= 0.6 is 0 Å². The molecule has 0 amide bonds. The predicted octanol–water partition coefficient (Wildman–Crippen LogP) is 2.46. The fourth-order valence-electron chi connectivity index (χ4n) is 1.75. The van der Waals surface area contributed by atoms with Crippen molar-refractivity contribution in [2.45, 2.75) is 51.9 Å². The average molecular weight is 266 g/mol. The van der Waals surface area contributed by atoms with Gasteiger partial charge in [-0.05, 0) is 37.1 Å². The minimum Gasteiger partial charge on any atom is -0.461 e. The average Bonchev–Trinajstić information content (AvgIpc) is 2.85. The van der Waals surface area contributed by atoms with Crippen molar-refractivity contribution in [3.8, 4) is 0 Å². The molecule has 1 heterocycles. The van der Waals surface area contributed by atoms with Gasteiger partial charge in [-0.25, -0.2) is 0 Å². The van der Waals surface area contributed by atoms with Gasteiger partial charge in [0.1, 0.15) is 24.2 Å². The van der Waals surface area contributed by atoms with Crippen LogP contribution in [0.2, 0.25) is 0 Å². The van der Waals surface area contributed by atoms with Gasteiger partial charge in [0.2, 0.25) is 0 Å². The highest BCUT2D eigenvalue weighted by molar-refractivity contribution is 5.10. The van der Waals surface area contributed by atoms with E-state index in [9.17, 15) is 10.2 Å². The Labute approximate surface area is 113 Å². The lowest BCUT2D eigenvalue weighted by Gasteiger charge is -2.05. The van der Waals surface area contributed by atoms with Crippen LogP contribution in [-0.2, 0) is 6.61 Å². The highest BCUT2D eigenvalue weighted by atomic mass is 16.4. The molecule has 0 aliphatic rings. The quantitative estimate of drug-likeness (QED) is 0.663. The lowest BCUT2D eigenvalue weighted by molar-refractivity contribution is 0.145. The second-order valence-corrected chi connectivity index (χ2v) is 4.57. The van der Waals surface area contributed by atoms with Crippen molar-refractivity contribution in [2.24, 2.45) is 0 Å². The van der Waals surface area contributed by atoms with Crippen LogP contribution in [0.3, 0.4) is 0 Å². The molecule has 2 atom stereocenters. The molecular weight excluding hydrogens is 244 g/mol. The van der Waals surface area contributed by atoms with E-state index in [0.29, 0.717) is 24.4 Å². The molecule has 0 saturated heterocycles. The van der Waals surface area contributed by atoms with Crippen molar-refractivity contribution < 1.29 is 19.7 Å². The maximum atomic E-state index is 9.89. The van der Waals surface area contributed by atoms with Gasteiger partial charge in [0.05, 0.1) is 6.10 Å². The zero-order chi connectivity index (χ0) is 14.3. The van der Waals surface area contributed by atoms with Crippen molar-refractivity contribution in [1.82, 2.24) is 0 Å². The van der Waals surface area contributed by atoms with Crippen molar-refractivity contribution in [3.63, 3.8) is 0 Å². The summed E-state index contributed by atoms with van der Waals surface area (Å²) < 4.78 is 5.25. The van der Waals surface area contributed by atoms with Gasteiger partial charge in [0.25, 0.3) is 0 Å². The van der Waals surface area contributed by atoms with Gasteiger partial charge in [0, 0.05) is 12.8 Å². The first-order valence-electron chi connectivity index (χ1n) is 6.55. The van der Waals surface area contributed by atoms with Crippen LogP contribution in [0, 0.1) is 0 Å². The molecule has 0 saturated carbocycles. The van der Waals surface area contributed by atoms with Crippen LogP contribution < -0.4 is 0 Å². The minimum absolute atomic E-state index is 0.170. The summed E-state index contributed by atoms with van der Waals surface area (Å²) in [7, 11) is 0. The number of rotatable bonds is 7. The molecule has 0 bridgehead atoms. The Morgan fingerprint density at radius 2 is 2.16 bits per heavy atom. The third-order valence-electron chi connectivity index (χ3n) is 2.78. The summed E-state index contributed by atoms with van der Waals surface area (Å²) >= 11 is 0. The second-order valence-electron chi connectivity index (χ2n) is 4.57. The Morgan fingerprint density at radius 1 is 1.42 bits per heavy atom. The summed E-state index contributed by atoms with van der Waals surface area (Å²) in [5.41, 5.74) is 4.13. The van der Waals surface area contributed by atoms with Gasteiger partial charge in [-0.15, -0.1) is 5.73 Å². The minimum atomic E-state index is -0.738. The standard InChI is InChI=1S/C15H22O4/c1-3-12(9-11(2)17)5-4-6-14(18)15-8-7-13(10-16)19-15/h4,7-8,11,14,16-18H,3,6,9-10H2,1-2H3/t5?,11-,14+/m0/s1. The third-order valence-corrected chi connectivity index (χ3v) is 2.78. The fraction of sp³-hybridized carbons (Fsp3) is 0.533. The maximum Gasteiger partial charge on any atom is 0.133 e. The Bertz CT molecular complexity index is 439. The van der Waals surface area contributed by atoms with Crippen molar-refractivity contribution in [2.75, 3.05) is 0 Å². The first-order chi connectivity index (χ1) is 9.06. The third kappa shape index (κ3) is 5.45. The molecule has 1 aromatic rings.